The largest absolute Gasteiger partial charge is 0.457 e. The second-order valence-electron chi connectivity index (χ2n) is 7.76. The van der Waals surface area contributed by atoms with Gasteiger partial charge in [0.2, 0.25) is 0 Å². The summed E-state index contributed by atoms with van der Waals surface area (Å²) in [5.74, 6) is 0.738. The standard InChI is InChI=1S/C19H21ClO3/c20-19-9-13-6-14(10-19)8-18(7-13,12-19)17(22)23-11-16(21)15-4-2-1-3-5-15/h1-5,13-14H,6-12H2/t13-,14-,18?,19?/m1/s1. The lowest BCUT2D eigenvalue weighted by atomic mass is 9.49. The lowest BCUT2D eigenvalue weighted by Gasteiger charge is -2.58. The molecular formula is C19H21ClO3. The highest BCUT2D eigenvalue weighted by molar-refractivity contribution is 6.24. The first-order valence-electron chi connectivity index (χ1n) is 8.43. The van der Waals surface area contributed by atoms with Crippen molar-refractivity contribution >= 4 is 23.4 Å². The van der Waals surface area contributed by atoms with Gasteiger partial charge in [0.15, 0.2) is 12.4 Å². The van der Waals surface area contributed by atoms with Crippen molar-refractivity contribution in [1.29, 1.82) is 0 Å². The molecule has 1 aromatic rings. The summed E-state index contributed by atoms with van der Waals surface area (Å²) in [4.78, 5) is 24.7. The zero-order valence-electron chi connectivity index (χ0n) is 13.1. The minimum absolute atomic E-state index is 0.149. The van der Waals surface area contributed by atoms with E-state index in [0.717, 1.165) is 25.7 Å². The third-order valence-corrected chi connectivity index (χ3v) is 6.30. The van der Waals surface area contributed by atoms with Crippen molar-refractivity contribution in [2.24, 2.45) is 17.3 Å². The second kappa shape index (κ2) is 5.34. The van der Waals surface area contributed by atoms with Gasteiger partial charge in [0, 0.05) is 10.4 Å². The Kier molecular flexibility index (Phi) is 3.53. The maximum atomic E-state index is 12.7. The Hall–Kier alpha value is -1.35. The van der Waals surface area contributed by atoms with Crippen LogP contribution < -0.4 is 0 Å². The molecule has 0 N–H and O–H groups in total. The average molecular weight is 333 g/mol. The van der Waals surface area contributed by atoms with E-state index in [1.165, 1.54) is 6.42 Å². The number of benzene rings is 1. The van der Waals surface area contributed by atoms with E-state index >= 15 is 0 Å². The molecule has 0 heterocycles. The van der Waals surface area contributed by atoms with E-state index in [0.29, 0.717) is 23.8 Å². The number of hydrogen-bond donors (Lipinski definition) is 0. The smallest absolute Gasteiger partial charge is 0.312 e. The van der Waals surface area contributed by atoms with Gasteiger partial charge in [-0.1, -0.05) is 30.3 Å². The number of Topliss-reactive ketones (excluding diaryl/α,β-unsaturated/α-hetero) is 1. The van der Waals surface area contributed by atoms with Crippen LogP contribution in [0.4, 0.5) is 0 Å². The normalized spacial score (nSPS) is 37.6. The van der Waals surface area contributed by atoms with E-state index in [9.17, 15) is 9.59 Å². The molecule has 4 saturated carbocycles. The Bertz CT molecular complexity index is 625. The molecule has 0 unspecified atom stereocenters. The molecule has 0 aliphatic heterocycles. The third-order valence-electron chi connectivity index (χ3n) is 5.85. The molecule has 2 atom stereocenters. The molecule has 23 heavy (non-hydrogen) atoms. The van der Waals surface area contributed by atoms with Gasteiger partial charge in [0.1, 0.15) is 0 Å². The van der Waals surface area contributed by atoms with Crippen molar-refractivity contribution in [3.8, 4) is 0 Å². The lowest BCUT2D eigenvalue weighted by molar-refractivity contribution is -0.168. The highest BCUT2D eigenvalue weighted by Gasteiger charge is 2.60. The fraction of sp³-hybridized carbons (Fsp3) is 0.579. The number of carbonyl (C=O) groups is 2. The van der Waals surface area contributed by atoms with Crippen LogP contribution in [-0.4, -0.2) is 23.2 Å². The molecule has 3 nitrogen and oxygen atoms in total. The van der Waals surface area contributed by atoms with Gasteiger partial charge in [-0.2, -0.15) is 0 Å². The summed E-state index contributed by atoms with van der Waals surface area (Å²) in [6.45, 7) is -0.171. The van der Waals surface area contributed by atoms with Crippen LogP contribution in [0.25, 0.3) is 0 Å². The van der Waals surface area contributed by atoms with Gasteiger partial charge in [0.05, 0.1) is 5.41 Å². The van der Waals surface area contributed by atoms with Crippen molar-refractivity contribution < 1.29 is 14.3 Å². The van der Waals surface area contributed by atoms with Crippen LogP contribution in [0.1, 0.15) is 48.9 Å². The maximum absolute atomic E-state index is 12.7. The van der Waals surface area contributed by atoms with Gasteiger partial charge in [0.25, 0.3) is 0 Å². The van der Waals surface area contributed by atoms with Crippen LogP contribution in [0, 0.1) is 17.3 Å². The van der Waals surface area contributed by atoms with Gasteiger partial charge in [-0.25, -0.2) is 0 Å². The fourth-order valence-electron chi connectivity index (χ4n) is 5.38. The van der Waals surface area contributed by atoms with Gasteiger partial charge >= 0.3 is 5.97 Å². The Morgan fingerprint density at radius 3 is 2.35 bits per heavy atom. The van der Waals surface area contributed by atoms with Crippen LogP contribution >= 0.6 is 11.6 Å². The third kappa shape index (κ3) is 2.69. The summed E-state index contributed by atoms with van der Waals surface area (Å²) in [5.41, 5.74) is 0.141. The van der Waals surface area contributed by atoms with E-state index in [4.69, 9.17) is 16.3 Å². The zero-order valence-corrected chi connectivity index (χ0v) is 13.8. The molecule has 122 valence electrons. The van der Waals surface area contributed by atoms with Crippen molar-refractivity contribution in [1.82, 2.24) is 0 Å². The summed E-state index contributed by atoms with van der Waals surface area (Å²) < 4.78 is 5.44. The number of hydrogen-bond acceptors (Lipinski definition) is 3. The van der Waals surface area contributed by atoms with Gasteiger partial charge in [-0.15, -0.1) is 11.6 Å². The molecule has 4 bridgehead atoms. The predicted octanol–water partition coefficient (Wildman–Crippen LogP) is 3.99. The van der Waals surface area contributed by atoms with Gasteiger partial charge in [-0.3, -0.25) is 9.59 Å². The first kappa shape index (κ1) is 15.2. The van der Waals surface area contributed by atoms with Gasteiger partial charge < -0.3 is 4.74 Å². The molecule has 5 rings (SSSR count). The summed E-state index contributed by atoms with van der Waals surface area (Å²) >= 11 is 6.75. The van der Waals surface area contributed by atoms with Crippen molar-refractivity contribution in [3.05, 3.63) is 35.9 Å². The van der Waals surface area contributed by atoms with Crippen molar-refractivity contribution in [2.45, 2.75) is 43.4 Å². The number of alkyl halides is 1. The average Bonchev–Trinajstić information content (AvgIpc) is 2.50. The predicted molar refractivity (Wildman–Crippen MR) is 87.4 cm³/mol. The first-order chi connectivity index (χ1) is 11.0. The van der Waals surface area contributed by atoms with E-state index in [1.54, 1.807) is 12.1 Å². The number of ketones is 1. The minimum atomic E-state index is -0.442. The Balaban J connectivity index is 1.44. The molecule has 4 fully saturated rings. The van der Waals surface area contributed by atoms with Crippen molar-refractivity contribution in [2.75, 3.05) is 6.61 Å². The topological polar surface area (TPSA) is 43.4 Å². The number of rotatable bonds is 4. The summed E-state index contributed by atoms with van der Waals surface area (Å²) in [6, 6.07) is 8.97. The molecule has 0 spiro atoms. The summed E-state index contributed by atoms with van der Waals surface area (Å²) in [5, 5.41) is 0. The first-order valence-corrected chi connectivity index (χ1v) is 8.80. The SMILES string of the molecule is O=C(COC(=O)C12C[C@H]3C[C@@H](CC(Cl)(C3)C1)C2)c1ccccc1. The van der Waals surface area contributed by atoms with E-state index in [1.807, 2.05) is 18.2 Å². The van der Waals surface area contributed by atoms with Crippen LogP contribution in [-0.2, 0) is 9.53 Å². The zero-order chi connectivity index (χ0) is 16.1. The van der Waals surface area contributed by atoms with E-state index in [-0.39, 0.29) is 23.2 Å². The molecule has 4 aliphatic carbocycles. The minimum Gasteiger partial charge on any atom is -0.457 e. The molecule has 0 amide bonds. The fourth-order valence-corrected chi connectivity index (χ4v) is 6.07. The number of carbonyl (C=O) groups excluding carboxylic acids is 2. The highest BCUT2D eigenvalue weighted by atomic mass is 35.5. The molecular weight excluding hydrogens is 312 g/mol. The molecule has 0 aromatic heterocycles. The van der Waals surface area contributed by atoms with Crippen LogP contribution in [0.5, 0.6) is 0 Å². The molecule has 0 saturated heterocycles. The highest BCUT2D eigenvalue weighted by Crippen LogP contribution is 2.64. The Morgan fingerprint density at radius 2 is 1.74 bits per heavy atom. The quantitative estimate of drug-likeness (QED) is 0.475. The van der Waals surface area contributed by atoms with E-state index in [2.05, 4.69) is 0 Å². The van der Waals surface area contributed by atoms with Crippen LogP contribution in [0.3, 0.4) is 0 Å². The maximum Gasteiger partial charge on any atom is 0.312 e. The number of esters is 1. The lowest BCUT2D eigenvalue weighted by Crippen LogP contribution is -2.56. The number of halogens is 1. The van der Waals surface area contributed by atoms with Gasteiger partial charge in [-0.05, 0) is 50.4 Å². The summed E-state index contributed by atoms with van der Waals surface area (Å²) in [6.07, 6.45) is 5.75. The molecule has 1 aromatic carbocycles. The Labute approximate surface area is 141 Å². The summed E-state index contributed by atoms with van der Waals surface area (Å²) in [7, 11) is 0. The molecule has 0 radical (unpaired) electrons. The van der Waals surface area contributed by atoms with Crippen molar-refractivity contribution in [3.63, 3.8) is 0 Å². The molecule has 4 aliphatic rings. The second-order valence-corrected chi connectivity index (χ2v) is 8.56. The van der Waals surface area contributed by atoms with Crippen LogP contribution in [0.15, 0.2) is 30.3 Å². The Morgan fingerprint density at radius 1 is 1.09 bits per heavy atom. The number of ether oxygens (including phenoxy) is 1. The van der Waals surface area contributed by atoms with Crippen LogP contribution in [0.2, 0.25) is 0 Å². The van der Waals surface area contributed by atoms with E-state index < -0.39 is 5.41 Å². The molecule has 4 heteroatoms. The monoisotopic (exact) mass is 332 g/mol.